The summed E-state index contributed by atoms with van der Waals surface area (Å²) in [4.78, 5) is 22.4. The minimum Gasteiger partial charge on any atom is -0.496 e. The molecular formula is C10H10BrNO3. The van der Waals surface area contributed by atoms with Crippen molar-refractivity contribution >= 4 is 27.6 Å². The van der Waals surface area contributed by atoms with Gasteiger partial charge < -0.3 is 10.5 Å². The SMILES string of the molecule is COc1ccc(C(=O)CBr)cc1C(N)=O. The zero-order valence-electron chi connectivity index (χ0n) is 8.12. The second kappa shape index (κ2) is 4.93. The Kier molecular flexibility index (Phi) is 3.85. The summed E-state index contributed by atoms with van der Waals surface area (Å²) in [5.74, 6) is -0.357. The summed E-state index contributed by atoms with van der Waals surface area (Å²) in [6.07, 6.45) is 0. The molecule has 0 aromatic heterocycles. The summed E-state index contributed by atoms with van der Waals surface area (Å²) in [6.45, 7) is 0. The summed E-state index contributed by atoms with van der Waals surface area (Å²) in [5.41, 5.74) is 5.80. The number of carbonyl (C=O) groups is 2. The van der Waals surface area contributed by atoms with E-state index in [9.17, 15) is 9.59 Å². The number of primary amides is 1. The topological polar surface area (TPSA) is 69.4 Å². The van der Waals surface area contributed by atoms with Gasteiger partial charge in [0.15, 0.2) is 5.78 Å². The highest BCUT2D eigenvalue weighted by Gasteiger charge is 2.12. The molecule has 0 fully saturated rings. The van der Waals surface area contributed by atoms with Crippen LogP contribution in [0.25, 0.3) is 0 Å². The highest BCUT2D eigenvalue weighted by molar-refractivity contribution is 9.09. The van der Waals surface area contributed by atoms with Crippen molar-refractivity contribution in [2.24, 2.45) is 5.73 Å². The quantitative estimate of drug-likeness (QED) is 0.664. The second-order valence-corrected chi connectivity index (χ2v) is 3.40. The number of ether oxygens (including phenoxy) is 1. The number of ketones is 1. The lowest BCUT2D eigenvalue weighted by Gasteiger charge is -2.06. The van der Waals surface area contributed by atoms with Crippen LogP contribution in [0, 0.1) is 0 Å². The van der Waals surface area contributed by atoms with Crippen LogP contribution in [0.4, 0.5) is 0 Å². The van der Waals surface area contributed by atoms with Gasteiger partial charge in [-0.25, -0.2) is 0 Å². The normalized spacial score (nSPS) is 9.73. The van der Waals surface area contributed by atoms with E-state index >= 15 is 0 Å². The summed E-state index contributed by atoms with van der Waals surface area (Å²) < 4.78 is 4.95. The summed E-state index contributed by atoms with van der Waals surface area (Å²) in [6, 6.07) is 4.58. The molecule has 0 saturated carbocycles. The van der Waals surface area contributed by atoms with Crippen LogP contribution >= 0.6 is 15.9 Å². The van der Waals surface area contributed by atoms with Gasteiger partial charge in [-0.2, -0.15) is 0 Å². The zero-order chi connectivity index (χ0) is 11.4. The number of Topliss-reactive ketones (excluding diaryl/α,β-unsaturated/α-hetero) is 1. The number of hydrogen-bond acceptors (Lipinski definition) is 3. The highest BCUT2D eigenvalue weighted by atomic mass is 79.9. The number of halogens is 1. The Morgan fingerprint density at radius 3 is 2.60 bits per heavy atom. The maximum absolute atomic E-state index is 11.3. The smallest absolute Gasteiger partial charge is 0.252 e. The first-order chi connectivity index (χ1) is 7.10. The van der Waals surface area contributed by atoms with Gasteiger partial charge in [-0.1, -0.05) is 15.9 Å². The Hall–Kier alpha value is -1.36. The van der Waals surface area contributed by atoms with Crippen LogP contribution in [-0.2, 0) is 0 Å². The van der Waals surface area contributed by atoms with Crippen LogP contribution in [0.5, 0.6) is 5.75 Å². The zero-order valence-corrected chi connectivity index (χ0v) is 9.71. The summed E-state index contributed by atoms with van der Waals surface area (Å²) >= 11 is 3.05. The van der Waals surface area contributed by atoms with Gasteiger partial charge in [0.1, 0.15) is 5.75 Å². The van der Waals surface area contributed by atoms with E-state index in [1.807, 2.05) is 0 Å². The predicted octanol–water partition coefficient (Wildman–Crippen LogP) is 1.37. The van der Waals surface area contributed by atoms with E-state index in [2.05, 4.69) is 15.9 Å². The third-order valence-electron chi connectivity index (χ3n) is 1.91. The Balaban J connectivity index is 3.22. The van der Waals surface area contributed by atoms with Crippen molar-refractivity contribution in [1.29, 1.82) is 0 Å². The molecule has 15 heavy (non-hydrogen) atoms. The van der Waals surface area contributed by atoms with E-state index < -0.39 is 5.91 Å². The molecule has 0 unspecified atom stereocenters. The third kappa shape index (κ3) is 2.56. The van der Waals surface area contributed by atoms with Gasteiger partial charge in [-0.3, -0.25) is 9.59 Å². The number of benzene rings is 1. The van der Waals surface area contributed by atoms with Crippen molar-refractivity contribution in [2.75, 3.05) is 12.4 Å². The van der Waals surface area contributed by atoms with E-state index in [0.717, 1.165) is 0 Å². The van der Waals surface area contributed by atoms with Crippen LogP contribution in [0.2, 0.25) is 0 Å². The van der Waals surface area contributed by atoms with Crippen molar-refractivity contribution in [3.63, 3.8) is 0 Å². The first-order valence-corrected chi connectivity index (χ1v) is 5.29. The molecule has 1 aromatic rings. The van der Waals surface area contributed by atoms with Gasteiger partial charge in [-0.15, -0.1) is 0 Å². The first-order valence-electron chi connectivity index (χ1n) is 4.17. The first kappa shape index (κ1) is 11.7. The van der Waals surface area contributed by atoms with Crippen molar-refractivity contribution < 1.29 is 14.3 Å². The molecule has 0 spiro atoms. The van der Waals surface area contributed by atoms with Crippen LogP contribution in [-0.4, -0.2) is 24.1 Å². The number of hydrogen-bond donors (Lipinski definition) is 1. The monoisotopic (exact) mass is 271 g/mol. The molecule has 2 N–H and O–H groups in total. The molecule has 0 saturated heterocycles. The fourth-order valence-electron chi connectivity index (χ4n) is 1.15. The Morgan fingerprint density at radius 2 is 2.13 bits per heavy atom. The lowest BCUT2D eigenvalue weighted by Crippen LogP contribution is -2.14. The van der Waals surface area contributed by atoms with E-state index in [1.54, 1.807) is 12.1 Å². The lowest BCUT2D eigenvalue weighted by atomic mass is 10.1. The fourth-order valence-corrected chi connectivity index (χ4v) is 1.47. The Bertz CT molecular complexity index is 404. The van der Waals surface area contributed by atoms with Crippen molar-refractivity contribution in [1.82, 2.24) is 0 Å². The van der Waals surface area contributed by atoms with Gasteiger partial charge >= 0.3 is 0 Å². The predicted molar refractivity (Wildman–Crippen MR) is 59.6 cm³/mol. The van der Waals surface area contributed by atoms with E-state index in [0.29, 0.717) is 11.3 Å². The second-order valence-electron chi connectivity index (χ2n) is 2.84. The van der Waals surface area contributed by atoms with Gasteiger partial charge in [0.05, 0.1) is 18.0 Å². The van der Waals surface area contributed by atoms with Crippen LogP contribution in [0.1, 0.15) is 20.7 Å². The van der Waals surface area contributed by atoms with Gasteiger partial charge in [-0.05, 0) is 18.2 Å². The summed E-state index contributed by atoms with van der Waals surface area (Å²) in [7, 11) is 1.44. The van der Waals surface area contributed by atoms with Crippen LogP contribution < -0.4 is 10.5 Å². The van der Waals surface area contributed by atoms with Gasteiger partial charge in [0.25, 0.3) is 5.91 Å². The van der Waals surface area contributed by atoms with E-state index in [-0.39, 0.29) is 16.7 Å². The number of carbonyl (C=O) groups excluding carboxylic acids is 2. The minimum absolute atomic E-state index is 0.111. The van der Waals surface area contributed by atoms with E-state index in [4.69, 9.17) is 10.5 Å². The Morgan fingerprint density at radius 1 is 1.47 bits per heavy atom. The van der Waals surface area contributed by atoms with Crippen molar-refractivity contribution in [3.05, 3.63) is 29.3 Å². The molecule has 5 heteroatoms. The van der Waals surface area contributed by atoms with Gasteiger partial charge in [0.2, 0.25) is 0 Å². The molecule has 1 rings (SSSR count). The molecule has 0 aliphatic carbocycles. The molecule has 0 aliphatic rings. The fraction of sp³-hybridized carbons (Fsp3) is 0.200. The maximum atomic E-state index is 11.3. The van der Waals surface area contributed by atoms with Crippen LogP contribution in [0.3, 0.4) is 0 Å². The van der Waals surface area contributed by atoms with Gasteiger partial charge in [0, 0.05) is 5.56 Å². The average molecular weight is 272 g/mol. The molecular weight excluding hydrogens is 262 g/mol. The number of methoxy groups -OCH3 is 1. The molecule has 0 radical (unpaired) electrons. The molecule has 0 aliphatic heterocycles. The van der Waals surface area contributed by atoms with Crippen molar-refractivity contribution in [2.45, 2.75) is 0 Å². The average Bonchev–Trinajstić information content (AvgIpc) is 2.27. The highest BCUT2D eigenvalue weighted by Crippen LogP contribution is 2.19. The Labute approximate surface area is 95.5 Å². The van der Waals surface area contributed by atoms with Crippen molar-refractivity contribution in [3.8, 4) is 5.75 Å². The number of alkyl halides is 1. The maximum Gasteiger partial charge on any atom is 0.252 e. The molecule has 0 atom stereocenters. The lowest BCUT2D eigenvalue weighted by molar-refractivity contribution is 0.0997. The standard InChI is InChI=1S/C10H10BrNO3/c1-15-9-3-2-6(8(13)5-11)4-7(9)10(12)14/h2-4H,5H2,1H3,(H2,12,14). The molecule has 1 amide bonds. The molecule has 4 nitrogen and oxygen atoms in total. The molecule has 1 aromatic carbocycles. The minimum atomic E-state index is -0.615. The molecule has 80 valence electrons. The van der Waals surface area contributed by atoms with E-state index in [1.165, 1.54) is 13.2 Å². The molecule has 0 heterocycles. The number of nitrogens with two attached hydrogens (primary N) is 1. The third-order valence-corrected chi connectivity index (χ3v) is 2.42. The molecule has 0 bridgehead atoms. The van der Waals surface area contributed by atoms with Crippen LogP contribution in [0.15, 0.2) is 18.2 Å². The number of amides is 1. The largest absolute Gasteiger partial charge is 0.496 e. The summed E-state index contributed by atoms with van der Waals surface area (Å²) in [5, 5.41) is 0.206. The number of rotatable bonds is 4.